The topological polar surface area (TPSA) is 54.5 Å². The van der Waals surface area contributed by atoms with Crippen molar-refractivity contribution in [1.29, 1.82) is 5.26 Å². The van der Waals surface area contributed by atoms with Gasteiger partial charge in [-0.25, -0.2) is 9.97 Å². The summed E-state index contributed by atoms with van der Waals surface area (Å²) in [6.45, 7) is 0. The monoisotopic (exact) mass is 648 g/mol. The lowest BCUT2D eigenvalue weighted by atomic mass is 9.96. The van der Waals surface area contributed by atoms with Crippen LogP contribution in [0.2, 0.25) is 0 Å². The minimum Gasteiger partial charge on any atom is -0.278 e. The molecule has 10 rings (SSSR count). The molecule has 0 radical (unpaired) electrons. The molecule has 51 heavy (non-hydrogen) atoms. The Bertz CT molecular complexity index is 3010. The molecule has 4 nitrogen and oxygen atoms in total. The third-order valence-corrected chi connectivity index (χ3v) is 10.0. The number of hydrogen-bond donors (Lipinski definition) is 0. The zero-order chi connectivity index (χ0) is 33.9. The van der Waals surface area contributed by atoms with Crippen LogP contribution in [0.5, 0.6) is 0 Å². The van der Waals surface area contributed by atoms with E-state index in [1.165, 1.54) is 32.5 Å². The molecular formula is C47H28N4. The Kier molecular flexibility index (Phi) is 6.52. The highest BCUT2D eigenvalue weighted by atomic mass is 15.2. The molecule has 0 aliphatic heterocycles. The molecule has 0 fully saturated rings. The first-order chi connectivity index (χ1) is 25.2. The first-order valence-electron chi connectivity index (χ1n) is 17.1. The molecule has 0 aliphatic rings. The number of para-hydroxylation sites is 1. The zero-order valence-corrected chi connectivity index (χ0v) is 27.5. The van der Waals surface area contributed by atoms with Gasteiger partial charge >= 0.3 is 0 Å². The van der Waals surface area contributed by atoms with Crippen LogP contribution >= 0.6 is 0 Å². The summed E-state index contributed by atoms with van der Waals surface area (Å²) < 4.78 is 2.21. The molecule has 2 aromatic heterocycles. The van der Waals surface area contributed by atoms with Crippen LogP contribution < -0.4 is 0 Å². The van der Waals surface area contributed by atoms with Gasteiger partial charge in [0.2, 0.25) is 5.95 Å². The smallest absolute Gasteiger partial charge is 0.235 e. The van der Waals surface area contributed by atoms with Crippen molar-refractivity contribution in [2.75, 3.05) is 0 Å². The molecular weight excluding hydrogens is 621 g/mol. The summed E-state index contributed by atoms with van der Waals surface area (Å²) in [4.78, 5) is 10.7. The fourth-order valence-electron chi connectivity index (χ4n) is 7.51. The average molecular weight is 649 g/mol. The molecule has 0 N–H and O–H groups in total. The number of benzene rings is 8. The van der Waals surface area contributed by atoms with E-state index in [0.717, 1.165) is 55.3 Å². The van der Waals surface area contributed by atoms with E-state index in [9.17, 15) is 5.26 Å². The van der Waals surface area contributed by atoms with Gasteiger partial charge in [0.25, 0.3) is 0 Å². The van der Waals surface area contributed by atoms with E-state index < -0.39 is 0 Å². The van der Waals surface area contributed by atoms with E-state index in [4.69, 9.17) is 9.97 Å². The summed E-state index contributed by atoms with van der Waals surface area (Å²) in [7, 11) is 0. The Morgan fingerprint density at radius 2 is 1.08 bits per heavy atom. The molecule has 0 bridgehead atoms. The summed E-state index contributed by atoms with van der Waals surface area (Å²) in [5, 5.41) is 17.5. The number of nitrogens with zero attached hydrogens (tertiary/aromatic N) is 4. The van der Waals surface area contributed by atoms with Crippen LogP contribution in [-0.2, 0) is 0 Å². The van der Waals surface area contributed by atoms with Gasteiger partial charge in [-0.15, -0.1) is 0 Å². The standard InChI is InChI=1S/C47H28N4/c48-29-30-16-18-31(19-17-30)37-24-25-41-43(27-37)49-47(51-44-15-6-5-13-40(44)42-26-35-9-1-2-10-36(35)28-45(42)51)50-46(41)34-22-20-33(21-23-34)39-14-7-11-32-8-3-4-12-38(32)39/h1-28H. The molecule has 236 valence electrons. The van der Waals surface area contributed by atoms with Gasteiger partial charge in [-0.05, 0) is 86.3 Å². The lowest BCUT2D eigenvalue weighted by molar-refractivity contribution is 1.01. The summed E-state index contributed by atoms with van der Waals surface area (Å²) in [6.07, 6.45) is 0. The summed E-state index contributed by atoms with van der Waals surface area (Å²) >= 11 is 0. The quantitative estimate of drug-likeness (QED) is 0.191. The third kappa shape index (κ3) is 4.75. The highest BCUT2D eigenvalue weighted by molar-refractivity contribution is 6.13. The minimum absolute atomic E-state index is 0.620. The highest BCUT2D eigenvalue weighted by Crippen LogP contribution is 2.37. The number of aromatic nitrogens is 3. The first kappa shape index (κ1) is 28.9. The molecule has 0 spiro atoms. The van der Waals surface area contributed by atoms with Crippen molar-refractivity contribution in [2.45, 2.75) is 0 Å². The van der Waals surface area contributed by atoms with Gasteiger partial charge in [-0.1, -0.05) is 127 Å². The van der Waals surface area contributed by atoms with Gasteiger partial charge < -0.3 is 0 Å². The van der Waals surface area contributed by atoms with Crippen molar-refractivity contribution in [3.05, 3.63) is 175 Å². The molecule has 0 unspecified atom stereocenters. The zero-order valence-electron chi connectivity index (χ0n) is 27.5. The Hall–Kier alpha value is -7.09. The van der Waals surface area contributed by atoms with Gasteiger partial charge in [0.15, 0.2) is 0 Å². The molecule has 8 aromatic carbocycles. The maximum Gasteiger partial charge on any atom is 0.235 e. The molecule has 0 atom stereocenters. The maximum absolute atomic E-state index is 9.37. The van der Waals surface area contributed by atoms with Crippen molar-refractivity contribution < 1.29 is 0 Å². The van der Waals surface area contributed by atoms with E-state index in [1.807, 2.05) is 24.3 Å². The summed E-state index contributed by atoms with van der Waals surface area (Å²) in [5.41, 5.74) is 9.92. The van der Waals surface area contributed by atoms with Gasteiger partial charge in [-0.3, -0.25) is 4.57 Å². The van der Waals surface area contributed by atoms with Crippen LogP contribution in [0.1, 0.15) is 5.56 Å². The number of fused-ring (bicyclic) bond motifs is 6. The number of hydrogen-bond acceptors (Lipinski definition) is 3. The Balaban J connectivity index is 1.21. The first-order valence-corrected chi connectivity index (χ1v) is 17.1. The van der Waals surface area contributed by atoms with Crippen LogP contribution in [-0.4, -0.2) is 14.5 Å². The number of rotatable bonds is 4. The SMILES string of the molecule is N#Cc1ccc(-c2ccc3c(-c4ccc(-c5cccc6ccccc56)cc4)nc(-n4c5ccccc5c5cc6ccccc6cc54)nc3c2)cc1. The highest BCUT2D eigenvalue weighted by Gasteiger charge is 2.18. The van der Waals surface area contributed by atoms with Gasteiger partial charge in [-0.2, -0.15) is 5.26 Å². The van der Waals surface area contributed by atoms with E-state index in [0.29, 0.717) is 11.5 Å². The number of nitriles is 1. The molecule has 10 aromatic rings. The Morgan fingerprint density at radius 3 is 1.88 bits per heavy atom. The molecule has 0 aliphatic carbocycles. The van der Waals surface area contributed by atoms with Crippen molar-refractivity contribution in [3.8, 4) is 45.5 Å². The van der Waals surface area contributed by atoms with Crippen LogP contribution in [0.25, 0.3) is 93.7 Å². The van der Waals surface area contributed by atoms with E-state index in [1.54, 1.807) is 0 Å². The molecule has 4 heteroatoms. The van der Waals surface area contributed by atoms with Gasteiger partial charge in [0.05, 0.1) is 33.9 Å². The van der Waals surface area contributed by atoms with Crippen LogP contribution in [0.4, 0.5) is 0 Å². The molecule has 0 saturated carbocycles. The largest absolute Gasteiger partial charge is 0.278 e. The molecule has 2 heterocycles. The second-order valence-corrected chi connectivity index (χ2v) is 13.0. The predicted molar refractivity (Wildman–Crippen MR) is 210 cm³/mol. The van der Waals surface area contributed by atoms with Crippen LogP contribution in [0, 0.1) is 11.3 Å². The van der Waals surface area contributed by atoms with Crippen LogP contribution in [0.3, 0.4) is 0 Å². The second-order valence-electron chi connectivity index (χ2n) is 13.0. The lowest BCUT2D eigenvalue weighted by Crippen LogP contribution is -2.03. The average Bonchev–Trinajstić information content (AvgIpc) is 3.52. The van der Waals surface area contributed by atoms with Gasteiger partial charge in [0, 0.05) is 21.7 Å². The van der Waals surface area contributed by atoms with Gasteiger partial charge in [0.1, 0.15) is 0 Å². The second kappa shape index (κ2) is 11.5. The summed E-state index contributed by atoms with van der Waals surface area (Å²) in [6, 6.07) is 61.6. The van der Waals surface area contributed by atoms with Crippen LogP contribution in [0.15, 0.2) is 170 Å². The van der Waals surface area contributed by atoms with E-state index >= 15 is 0 Å². The fourth-order valence-corrected chi connectivity index (χ4v) is 7.51. The predicted octanol–water partition coefficient (Wildman–Crippen LogP) is 11.9. The third-order valence-electron chi connectivity index (χ3n) is 10.0. The summed E-state index contributed by atoms with van der Waals surface area (Å²) in [5.74, 6) is 0.620. The normalized spacial score (nSPS) is 11.5. The van der Waals surface area contributed by atoms with Crippen molar-refractivity contribution in [3.63, 3.8) is 0 Å². The van der Waals surface area contributed by atoms with Crippen molar-refractivity contribution in [2.24, 2.45) is 0 Å². The van der Waals surface area contributed by atoms with E-state index in [-0.39, 0.29) is 0 Å². The van der Waals surface area contributed by atoms with Crippen molar-refractivity contribution in [1.82, 2.24) is 14.5 Å². The lowest BCUT2D eigenvalue weighted by Gasteiger charge is -2.14. The van der Waals surface area contributed by atoms with Crippen molar-refractivity contribution >= 4 is 54.3 Å². The minimum atomic E-state index is 0.620. The fraction of sp³-hybridized carbons (Fsp3) is 0. The maximum atomic E-state index is 9.37. The molecule has 0 saturated heterocycles. The Labute approximate surface area is 294 Å². The molecule has 0 amide bonds. The Morgan fingerprint density at radius 1 is 0.431 bits per heavy atom. The van der Waals surface area contributed by atoms with E-state index in [2.05, 4.69) is 156 Å².